The minimum absolute atomic E-state index is 0.542. The molecular formula is C18H22O. The summed E-state index contributed by atoms with van der Waals surface area (Å²) in [6.07, 6.45) is -0.542. The van der Waals surface area contributed by atoms with Gasteiger partial charge >= 0.3 is 0 Å². The van der Waals surface area contributed by atoms with Gasteiger partial charge in [-0.15, -0.1) is 0 Å². The van der Waals surface area contributed by atoms with Crippen LogP contribution in [0.25, 0.3) is 0 Å². The highest BCUT2D eigenvalue weighted by molar-refractivity contribution is 5.44. The predicted molar refractivity (Wildman–Crippen MR) is 80.6 cm³/mol. The number of hydrogen-bond acceptors (Lipinski definition) is 1. The van der Waals surface area contributed by atoms with Crippen LogP contribution in [0.15, 0.2) is 30.3 Å². The second-order valence-electron chi connectivity index (χ2n) is 5.64. The Morgan fingerprint density at radius 2 is 1.11 bits per heavy atom. The third kappa shape index (κ3) is 2.87. The van der Waals surface area contributed by atoms with E-state index in [0.717, 1.165) is 22.3 Å². The monoisotopic (exact) mass is 254 g/mol. The van der Waals surface area contributed by atoms with Gasteiger partial charge in [0.05, 0.1) is 0 Å². The Labute approximate surface area is 115 Å². The van der Waals surface area contributed by atoms with E-state index in [1.807, 2.05) is 0 Å². The molecule has 2 aromatic carbocycles. The van der Waals surface area contributed by atoms with E-state index in [0.29, 0.717) is 0 Å². The van der Waals surface area contributed by atoms with E-state index in [4.69, 9.17) is 0 Å². The summed E-state index contributed by atoms with van der Waals surface area (Å²) < 4.78 is 0. The second-order valence-corrected chi connectivity index (χ2v) is 5.64. The largest absolute Gasteiger partial charge is 0.384 e. The molecule has 2 rings (SSSR count). The zero-order valence-electron chi connectivity index (χ0n) is 12.4. The first-order valence-electron chi connectivity index (χ1n) is 6.72. The molecule has 0 saturated carbocycles. The number of aliphatic hydroxyl groups is 1. The quantitative estimate of drug-likeness (QED) is 0.846. The van der Waals surface area contributed by atoms with Gasteiger partial charge in [-0.25, -0.2) is 0 Å². The van der Waals surface area contributed by atoms with Gasteiger partial charge in [0.15, 0.2) is 0 Å². The molecule has 0 fully saturated rings. The van der Waals surface area contributed by atoms with E-state index >= 15 is 0 Å². The first-order valence-corrected chi connectivity index (χ1v) is 6.72. The van der Waals surface area contributed by atoms with Crippen molar-refractivity contribution in [3.05, 3.63) is 69.3 Å². The molecule has 0 aliphatic rings. The summed E-state index contributed by atoms with van der Waals surface area (Å²) in [5.74, 6) is 0. The maximum absolute atomic E-state index is 10.7. The Morgan fingerprint density at radius 3 is 1.58 bits per heavy atom. The van der Waals surface area contributed by atoms with E-state index in [9.17, 15) is 5.11 Å². The average molecular weight is 254 g/mol. The lowest BCUT2D eigenvalue weighted by atomic mass is 9.91. The number of aliphatic hydroxyl groups excluding tert-OH is 1. The molecule has 1 atom stereocenters. The molecule has 0 bridgehead atoms. The highest BCUT2D eigenvalue weighted by Crippen LogP contribution is 2.29. The molecule has 0 aliphatic heterocycles. The smallest absolute Gasteiger partial charge is 0.105 e. The molecule has 2 aromatic rings. The molecule has 1 heteroatoms. The molecule has 0 saturated heterocycles. The van der Waals surface area contributed by atoms with Crippen molar-refractivity contribution in [2.75, 3.05) is 0 Å². The lowest BCUT2D eigenvalue weighted by molar-refractivity contribution is 0.218. The molecule has 0 aliphatic carbocycles. The van der Waals surface area contributed by atoms with Gasteiger partial charge in [0, 0.05) is 0 Å². The fourth-order valence-electron chi connectivity index (χ4n) is 2.96. The van der Waals surface area contributed by atoms with Crippen LogP contribution >= 0.6 is 0 Å². The third-order valence-electron chi connectivity index (χ3n) is 3.57. The molecule has 0 spiro atoms. The van der Waals surface area contributed by atoms with Crippen LogP contribution in [0.3, 0.4) is 0 Å². The van der Waals surface area contributed by atoms with Crippen LogP contribution in [0.4, 0.5) is 0 Å². The van der Waals surface area contributed by atoms with Crippen LogP contribution in [0.1, 0.15) is 45.0 Å². The predicted octanol–water partition coefficient (Wildman–Crippen LogP) is 4.31. The van der Waals surface area contributed by atoms with E-state index < -0.39 is 6.10 Å². The van der Waals surface area contributed by atoms with Crippen molar-refractivity contribution in [2.45, 2.75) is 40.7 Å². The average Bonchev–Trinajstić information content (AvgIpc) is 2.25. The van der Waals surface area contributed by atoms with Gasteiger partial charge in [-0.1, -0.05) is 47.0 Å². The zero-order chi connectivity index (χ0) is 14.2. The number of aryl methyl sites for hydroxylation is 5. The van der Waals surface area contributed by atoms with E-state index in [1.165, 1.54) is 16.7 Å². The van der Waals surface area contributed by atoms with Crippen LogP contribution in [-0.4, -0.2) is 5.11 Å². The van der Waals surface area contributed by atoms with Crippen LogP contribution in [0.2, 0.25) is 0 Å². The normalized spacial score (nSPS) is 12.5. The molecule has 0 radical (unpaired) electrons. The number of rotatable bonds is 2. The molecular weight excluding hydrogens is 232 g/mol. The van der Waals surface area contributed by atoms with Crippen molar-refractivity contribution in [1.82, 2.24) is 0 Å². The van der Waals surface area contributed by atoms with Crippen molar-refractivity contribution in [1.29, 1.82) is 0 Å². The first kappa shape index (κ1) is 13.8. The van der Waals surface area contributed by atoms with E-state index in [1.54, 1.807) is 0 Å². The first-order chi connectivity index (χ1) is 8.88. The van der Waals surface area contributed by atoms with Gasteiger partial charge in [-0.05, 0) is 56.9 Å². The van der Waals surface area contributed by atoms with Gasteiger partial charge in [0.1, 0.15) is 6.10 Å². The topological polar surface area (TPSA) is 20.2 Å². The SMILES string of the molecule is Cc1cc(C)cc([C@@H](O)c2c(C)cc(C)cc2C)c1. The lowest BCUT2D eigenvalue weighted by Crippen LogP contribution is -2.05. The Morgan fingerprint density at radius 1 is 0.684 bits per heavy atom. The second kappa shape index (κ2) is 5.18. The van der Waals surface area contributed by atoms with Crippen LogP contribution in [-0.2, 0) is 0 Å². The molecule has 0 unspecified atom stereocenters. The van der Waals surface area contributed by atoms with Gasteiger partial charge in [-0.2, -0.15) is 0 Å². The maximum atomic E-state index is 10.7. The third-order valence-corrected chi connectivity index (χ3v) is 3.57. The Bertz CT molecular complexity index is 568. The summed E-state index contributed by atoms with van der Waals surface area (Å²) in [6.45, 7) is 10.4. The molecule has 0 amide bonds. The fraction of sp³-hybridized carbons (Fsp3) is 0.333. The summed E-state index contributed by atoms with van der Waals surface area (Å²) in [4.78, 5) is 0. The standard InChI is InChI=1S/C18H22O/c1-11-6-12(2)10-16(9-11)18(19)17-14(4)7-13(3)8-15(17)5/h6-10,18-19H,1-5H3/t18-/m1/s1. The minimum atomic E-state index is -0.542. The van der Waals surface area contributed by atoms with Crippen LogP contribution in [0.5, 0.6) is 0 Å². The molecule has 1 N–H and O–H groups in total. The highest BCUT2D eigenvalue weighted by atomic mass is 16.3. The summed E-state index contributed by atoms with van der Waals surface area (Å²) in [5, 5.41) is 10.7. The molecule has 0 aromatic heterocycles. The van der Waals surface area contributed by atoms with Gasteiger partial charge in [0.2, 0.25) is 0 Å². The van der Waals surface area contributed by atoms with Crippen molar-refractivity contribution < 1.29 is 5.11 Å². The van der Waals surface area contributed by atoms with E-state index in [-0.39, 0.29) is 0 Å². The van der Waals surface area contributed by atoms with Crippen LogP contribution < -0.4 is 0 Å². The molecule has 100 valence electrons. The van der Waals surface area contributed by atoms with Gasteiger partial charge < -0.3 is 5.11 Å². The molecule has 19 heavy (non-hydrogen) atoms. The van der Waals surface area contributed by atoms with Crippen molar-refractivity contribution in [3.8, 4) is 0 Å². The Balaban J connectivity index is 2.52. The molecule has 1 nitrogen and oxygen atoms in total. The van der Waals surface area contributed by atoms with Gasteiger partial charge in [-0.3, -0.25) is 0 Å². The number of hydrogen-bond donors (Lipinski definition) is 1. The van der Waals surface area contributed by atoms with Crippen molar-refractivity contribution in [3.63, 3.8) is 0 Å². The Hall–Kier alpha value is -1.60. The van der Waals surface area contributed by atoms with Crippen molar-refractivity contribution in [2.24, 2.45) is 0 Å². The number of benzene rings is 2. The Kier molecular flexibility index (Phi) is 3.77. The van der Waals surface area contributed by atoms with E-state index in [2.05, 4.69) is 65.0 Å². The zero-order valence-corrected chi connectivity index (χ0v) is 12.4. The summed E-state index contributed by atoms with van der Waals surface area (Å²) >= 11 is 0. The maximum Gasteiger partial charge on any atom is 0.105 e. The summed E-state index contributed by atoms with van der Waals surface area (Å²) in [7, 11) is 0. The van der Waals surface area contributed by atoms with Crippen LogP contribution in [0, 0.1) is 34.6 Å². The lowest BCUT2D eigenvalue weighted by Gasteiger charge is -2.19. The molecule has 0 heterocycles. The summed E-state index contributed by atoms with van der Waals surface area (Å²) in [6, 6.07) is 10.5. The minimum Gasteiger partial charge on any atom is -0.384 e. The highest BCUT2D eigenvalue weighted by Gasteiger charge is 2.16. The fourth-order valence-corrected chi connectivity index (χ4v) is 2.96. The van der Waals surface area contributed by atoms with Gasteiger partial charge in [0.25, 0.3) is 0 Å². The summed E-state index contributed by atoms with van der Waals surface area (Å²) in [5.41, 5.74) is 7.95. The van der Waals surface area contributed by atoms with Crippen molar-refractivity contribution >= 4 is 0 Å².